The number of sulfonamides is 1. The van der Waals surface area contributed by atoms with Crippen molar-refractivity contribution in [2.75, 3.05) is 13.1 Å². The Balaban J connectivity index is 0.00000220. The molecule has 4 nitrogen and oxygen atoms in total. The first-order valence-electron chi connectivity index (χ1n) is 6.66. The molecular formula is C14H22ClFN2O2S. The molecule has 2 rings (SSSR count). The van der Waals surface area contributed by atoms with Crippen LogP contribution in [0.4, 0.5) is 4.39 Å². The Morgan fingerprint density at radius 2 is 2.00 bits per heavy atom. The Morgan fingerprint density at radius 3 is 2.52 bits per heavy atom. The molecule has 1 atom stereocenters. The van der Waals surface area contributed by atoms with Crippen LogP contribution < -0.4 is 5.73 Å². The number of hydrogen-bond donors (Lipinski definition) is 1. The van der Waals surface area contributed by atoms with Gasteiger partial charge in [0.2, 0.25) is 10.0 Å². The average Bonchev–Trinajstić information content (AvgIpc) is 2.35. The molecule has 1 aliphatic rings. The van der Waals surface area contributed by atoms with Gasteiger partial charge in [-0.2, -0.15) is 4.31 Å². The molecule has 0 saturated carbocycles. The SMILES string of the molecule is Cc1cc(S(=O)(=O)N2CCC(N)C(C)(C)C2)ccc1F.Cl. The van der Waals surface area contributed by atoms with Gasteiger partial charge in [0.25, 0.3) is 0 Å². The molecule has 1 aromatic carbocycles. The van der Waals surface area contributed by atoms with Gasteiger partial charge in [0.1, 0.15) is 5.82 Å². The molecule has 0 amide bonds. The maximum absolute atomic E-state index is 13.3. The van der Waals surface area contributed by atoms with Crippen LogP contribution >= 0.6 is 12.4 Å². The molecule has 1 aromatic rings. The monoisotopic (exact) mass is 336 g/mol. The van der Waals surface area contributed by atoms with Crippen LogP contribution in [0.25, 0.3) is 0 Å². The van der Waals surface area contributed by atoms with Gasteiger partial charge in [-0.25, -0.2) is 12.8 Å². The smallest absolute Gasteiger partial charge is 0.243 e. The van der Waals surface area contributed by atoms with Crippen molar-refractivity contribution in [2.45, 2.75) is 38.1 Å². The maximum Gasteiger partial charge on any atom is 0.243 e. The highest BCUT2D eigenvalue weighted by Gasteiger charge is 2.38. The minimum absolute atomic E-state index is 0. The summed E-state index contributed by atoms with van der Waals surface area (Å²) in [5.74, 6) is -0.398. The van der Waals surface area contributed by atoms with E-state index in [4.69, 9.17) is 5.73 Å². The summed E-state index contributed by atoms with van der Waals surface area (Å²) in [7, 11) is -3.58. The number of piperidine rings is 1. The molecule has 1 saturated heterocycles. The zero-order valence-electron chi connectivity index (χ0n) is 12.5. The van der Waals surface area contributed by atoms with Crippen molar-refractivity contribution < 1.29 is 12.8 Å². The third-order valence-corrected chi connectivity index (χ3v) is 5.89. The molecule has 0 bridgehead atoms. The van der Waals surface area contributed by atoms with E-state index in [0.717, 1.165) is 0 Å². The van der Waals surface area contributed by atoms with Crippen molar-refractivity contribution in [1.29, 1.82) is 0 Å². The van der Waals surface area contributed by atoms with E-state index >= 15 is 0 Å². The molecule has 1 aliphatic heterocycles. The van der Waals surface area contributed by atoms with Crippen LogP contribution in [0.15, 0.2) is 23.1 Å². The fourth-order valence-corrected chi connectivity index (χ4v) is 4.17. The molecule has 0 aromatic heterocycles. The molecule has 21 heavy (non-hydrogen) atoms. The summed E-state index contributed by atoms with van der Waals surface area (Å²) in [5, 5.41) is 0. The largest absolute Gasteiger partial charge is 0.327 e. The van der Waals surface area contributed by atoms with Gasteiger partial charge in [-0.3, -0.25) is 0 Å². The summed E-state index contributed by atoms with van der Waals surface area (Å²) in [4.78, 5) is 0.141. The average molecular weight is 337 g/mol. The molecule has 1 fully saturated rings. The Hall–Kier alpha value is -0.690. The first-order chi connectivity index (χ1) is 9.14. The molecule has 1 unspecified atom stereocenters. The minimum Gasteiger partial charge on any atom is -0.327 e. The van der Waals surface area contributed by atoms with Crippen molar-refractivity contribution in [1.82, 2.24) is 4.31 Å². The van der Waals surface area contributed by atoms with Crippen molar-refractivity contribution in [2.24, 2.45) is 11.1 Å². The number of aryl methyl sites for hydroxylation is 1. The summed E-state index contributed by atoms with van der Waals surface area (Å²) in [6, 6.07) is 3.89. The number of hydrogen-bond acceptors (Lipinski definition) is 3. The van der Waals surface area contributed by atoms with Gasteiger partial charge in [-0.1, -0.05) is 13.8 Å². The fourth-order valence-electron chi connectivity index (χ4n) is 2.46. The van der Waals surface area contributed by atoms with Crippen molar-refractivity contribution in [3.05, 3.63) is 29.6 Å². The quantitative estimate of drug-likeness (QED) is 0.901. The summed E-state index contributed by atoms with van der Waals surface area (Å²) in [5.41, 5.74) is 6.10. The van der Waals surface area contributed by atoms with Crippen LogP contribution in [0, 0.1) is 18.2 Å². The highest BCUT2D eigenvalue weighted by molar-refractivity contribution is 7.89. The molecule has 1 heterocycles. The highest BCUT2D eigenvalue weighted by Crippen LogP contribution is 2.31. The Labute approximate surface area is 132 Å². The second-order valence-electron chi connectivity index (χ2n) is 6.13. The zero-order valence-corrected chi connectivity index (χ0v) is 14.1. The summed E-state index contributed by atoms with van der Waals surface area (Å²) in [6.07, 6.45) is 0.631. The van der Waals surface area contributed by atoms with E-state index in [2.05, 4.69) is 0 Å². The van der Waals surface area contributed by atoms with Crippen LogP contribution in [0.2, 0.25) is 0 Å². The predicted octanol–water partition coefficient (Wildman–Crippen LogP) is 2.30. The number of nitrogens with two attached hydrogens (primary N) is 1. The maximum atomic E-state index is 13.3. The standard InChI is InChI=1S/C14H21FN2O2S.ClH/c1-10-8-11(4-5-12(10)15)20(18,19)17-7-6-13(16)14(2,3)9-17;/h4-5,8,13H,6-7,9,16H2,1-3H3;1H. The molecule has 2 N–H and O–H groups in total. The normalized spacial score (nSPS) is 22.6. The first kappa shape index (κ1) is 18.4. The lowest BCUT2D eigenvalue weighted by Gasteiger charge is -2.41. The minimum atomic E-state index is -3.58. The molecule has 0 spiro atoms. The summed E-state index contributed by atoms with van der Waals surface area (Å²) >= 11 is 0. The molecule has 0 radical (unpaired) electrons. The van der Waals surface area contributed by atoms with Crippen LogP contribution in [0.5, 0.6) is 0 Å². The third-order valence-electron chi connectivity index (χ3n) is 4.04. The van der Waals surface area contributed by atoms with Gasteiger partial charge in [0, 0.05) is 19.1 Å². The van der Waals surface area contributed by atoms with Crippen molar-refractivity contribution >= 4 is 22.4 Å². The number of halogens is 2. The topological polar surface area (TPSA) is 63.4 Å². The van der Waals surface area contributed by atoms with Gasteiger partial charge in [0.15, 0.2) is 0 Å². The summed E-state index contributed by atoms with van der Waals surface area (Å²) < 4.78 is 39.9. The predicted molar refractivity (Wildman–Crippen MR) is 83.5 cm³/mol. The van der Waals surface area contributed by atoms with E-state index in [1.807, 2.05) is 13.8 Å². The second kappa shape index (κ2) is 6.20. The van der Waals surface area contributed by atoms with E-state index in [1.54, 1.807) is 6.92 Å². The van der Waals surface area contributed by atoms with Gasteiger partial charge < -0.3 is 5.73 Å². The van der Waals surface area contributed by atoms with Crippen LogP contribution in [-0.2, 0) is 10.0 Å². The Kier molecular flexibility index (Phi) is 5.42. The number of benzene rings is 1. The van der Waals surface area contributed by atoms with Gasteiger partial charge in [0.05, 0.1) is 4.90 Å². The lowest BCUT2D eigenvalue weighted by Crippen LogP contribution is -2.53. The number of rotatable bonds is 2. The van der Waals surface area contributed by atoms with Crippen LogP contribution in [0.1, 0.15) is 25.8 Å². The molecule has 0 aliphatic carbocycles. The lowest BCUT2D eigenvalue weighted by atomic mass is 9.81. The van der Waals surface area contributed by atoms with Crippen LogP contribution in [0.3, 0.4) is 0 Å². The lowest BCUT2D eigenvalue weighted by molar-refractivity contribution is 0.155. The Bertz CT molecular complexity index is 619. The third kappa shape index (κ3) is 3.56. The molecule has 7 heteroatoms. The van der Waals surface area contributed by atoms with Crippen LogP contribution in [-0.4, -0.2) is 31.9 Å². The first-order valence-corrected chi connectivity index (χ1v) is 8.10. The van der Waals surface area contributed by atoms with E-state index < -0.39 is 15.8 Å². The van der Waals surface area contributed by atoms with Crippen molar-refractivity contribution in [3.63, 3.8) is 0 Å². The van der Waals surface area contributed by atoms with Gasteiger partial charge in [-0.15, -0.1) is 12.4 Å². The highest BCUT2D eigenvalue weighted by atomic mass is 35.5. The van der Waals surface area contributed by atoms with E-state index in [-0.39, 0.29) is 28.8 Å². The second-order valence-corrected chi connectivity index (χ2v) is 8.07. The van der Waals surface area contributed by atoms with E-state index in [1.165, 1.54) is 22.5 Å². The van der Waals surface area contributed by atoms with Crippen molar-refractivity contribution in [3.8, 4) is 0 Å². The van der Waals surface area contributed by atoms with E-state index in [9.17, 15) is 12.8 Å². The zero-order chi connectivity index (χ0) is 15.1. The summed E-state index contributed by atoms with van der Waals surface area (Å²) in [6.45, 7) is 6.28. The number of nitrogens with zero attached hydrogens (tertiary/aromatic N) is 1. The molecule has 120 valence electrons. The van der Waals surface area contributed by atoms with Gasteiger partial charge >= 0.3 is 0 Å². The van der Waals surface area contributed by atoms with Gasteiger partial charge in [-0.05, 0) is 42.5 Å². The molecular weight excluding hydrogens is 315 g/mol. The fraction of sp³-hybridized carbons (Fsp3) is 0.571. The van der Waals surface area contributed by atoms with E-state index in [0.29, 0.717) is 25.1 Å². The Morgan fingerprint density at radius 1 is 1.38 bits per heavy atom.